The second-order valence-corrected chi connectivity index (χ2v) is 8.42. The molecular formula is C21H19N3O7S2. The highest BCUT2D eigenvalue weighted by Gasteiger charge is 2.31. The van der Waals surface area contributed by atoms with Crippen molar-refractivity contribution in [3.8, 4) is 17.2 Å². The van der Waals surface area contributed by atoms with Crippen LogP contribution in [0.15, 0.2) is 41.3 Å². The van der Waals surface area contributed by atoms with Gasteiger partial charge in [0.1, 0.15) is 4.32 Å². The van der Waals surface area contributed by atoms with Crippen molar-refractivity contribution >= 4 is 51.7 Å². The van der Waals surface area contributed by atoms with Gasteiger partial charge < -0.3 is 9.47 Å². The normalized spacial score (nSPS) is 14.6. The molecule has 1 aliphatic rings. The average molecular weight is 490 g/mol. The van der Waals surface area contributed by atoms with Gasteiger partial charge in [0.15, 0.2) is 11.5 Å². The van der Waals surface area contributed by atoms with Crippen LogP contribution in [0, 0.1) is 20.2 Å². The van der Waals surface area contributed by atoms with E-state index in [4.69, 9.17) is 21.7 Å². The topological polar surface area (TPSA) is 125 Å². The van der Waals surface area contributed by atoms with Crippen LogP contribution in [0.25, 0.3) is 6.08 Å². The molecule has 2 aromatic rings. The van der Waals surface area contributed by atoms with E-state index in [1.54, 1.807) is 36.1 Å². The van der Waals surface area contributed by atoms with Crippen LogP contribution in [0.4, 0.5) is 11.4 Å². The molecule has 10 nitrogen and oxygen atoms in total. The third-order valence-corrected chi connectivity index (χ3v) is 5.83. The lowest BCUT2D eigenvalue weighted by Gasteiger charge is -2.13. The minimum Gasteiger partial charge on any atom is -0.490 e. The van der Waals surface area contributed by atoms with Gasteiger partial charge in [0.25, 0.3) is 11.6 Å². The SMILES string of the molecule is CCCN1C(=O)/C(=C/c2ccc(Oc3ccc([N+](=O)[O-])cc3[N+](=O)[O-])c(OCC)c2)SC1=S. The van der Waals surface area contributed by atoms with Crippen molar-refractivity contribution in [2.24, 2.45) is 0 Å². The summed E-state index contributed by atoms with van der Waals surface area (Å²) in [5, 5.41) is 22.3. The molecular weight excluding hydrogens is 470 g/mol. The number of benzene rings is 2. The lowest BCUT2D eigenvalue weighted by atomic mass is 10.1. The predicted molar refractivity (Wildman–Crippen MR) is 128 cm³/mol. The average Bonchev–Trinajstić information content (AvgIpc) is 3.03. The van der Waals surface area contributed by atoms with Crippen LogP contribution >= 0.6 is 24.0 Å². The summed E-state index contributed by atoms with van der Waals surface area (Å²) in [5.74, 6) is 0.152. The number of hydrogen-bond acceptors (Lipinski definition) is 9. The summed E-state index contributed by atoms with van der Waals surface area (Å²) >= 11 is 6.50. The van der Waals surface area contributed by atoms with Crippen LogP contribution in [0.5, 0.6) is 17.2 Å². The van der Waals surface area contributed by atoms with Gasteiger partial charge in [-0.05, 0) is 43.2 Å². The van der Waals surface area contributed by atoms with Gasteiger partial charge in [0.2, 0.25) is 5.75 Å². The van der Waals surface area contributed by atoms with Gasteiger partial charge in [-0.25, -0.2) is 0 Å². The number of rotatable bonds is 9. The first-order valence-electron chi connectivity index (χ1n) is 9.88. The second kappa shape index (κ2) is 10.4. The lowest BCUT2D eigenvalue weighted by molar-refractivity contribution is -0.394. The summed E-state index contributed by atoms with van der Waals surface area (Å²) in [6.07, 6.45) is 2.48. The van der Waals surface area contributed by atoms with E-state index in [0.29, 0.717) is 33.7 Å². The molecule has 1 amide bonds. The fraction of sp³-hybridized carbons (Fsp3) is 0.238. The maximum Gasteiger partial charge on any atom is 0.318 e. The summed E-state index contributed by atoms with van der Waals surface area (Å²) in [5.41, 5.74) is -0.314. The number of non-ortho nitro benzene ring substituents is 1. The highest BCUT2D eigenvalue weighted by Crippen LogP contribution is 2.39. The van der Waals surface area contributed by atoms with Crippen molar-refractivity contribution in [2.75, 3.05) is 13.2 Å². The molecule has 0 spiro atoms. The molecule has 0 aromatic heterocycles. The Kier molecular flexibility index (Phi) is 7.61. The van der Waals surface area contributed by atoms with E-state index in [9.17, 15) is 25.0 Å². The first-order chi connectivity index (χ1) is 15.7. The van der Waals surface area contributed by atoms with Crippen LogP contribution in [-0.2, 0) is 4.79 Å². The van der Waals surface area contributed by atoms with Gasteiger partial charge in [-0.2, -0.15) is 0 Å². The molecule has 0 radical (unpaired) electrons. The Morgan fingerprint density at radius 1 is 1.06 bits per heavy atom. The van der Waals surface area contributed by atoms with Gasteiger partial charge in [0.05, 0.1) is 27.4 Å². The summed E-state index contributed by atoms with van der Waals surface area (Å²) in [7, 11) is 0. The Bertz CT molecular complexity index is 1170. The molecule has 0 bridgehead atoms. The molecule has 0 saturated carbocycles. The van der Waals surface area contributed by atoms with Crippen molar-refractivity contribution in [3.63, 3.8) is 0 Å². The Morgan fingerprint density at radius 3 is 2.42 bits per heavy atom. The quantitative estimate of drug-likeness (QED) is 0.199. The van der Waals surface area contributed by atoms with E-state index in [1.165, 1.54) is 17.8 Å². The van der Waals surface area contributed by atoms with Crippen molar-refractivity contribution in [2.45, 2.75) is 20.3 Å². The van der Waals surface area contributed by atoms with Gasteiger partial charge >= 0.3 is 5.69 Å². The van der Waals surface area contributed by atoms with Crippen LogP contribution in [0.1, 0.15) is 25.8 Å². The van der Waals surface area contributed by atoms with Gasteiger partial charge in [0, 0.05) is 12.6 Å². The first-order valence-corrected chi connectivity index (χ1v) is 11.1. The van der Waals surface area contributed by atoms with E-state index in [0.717, 1.165) is 18.6 Å². The zero-order valence-electron chi connectivity index (χ0n) is 17.7. The van der Waals surface area contributed by atoms with Crippen LogP contribution < -0.4 is 9.47 Å². The molecule has 1 fully saturated rings. The molecule has 0 atom stereocenters. The predicted octanol–water partition coefficient (Wildman–Crippen LogP) is 5.31. The maximum atomic E-state index is 12.6. The summed E-state index contributed by atoms with van der Waals surface area (Å²) in [6, 6.07) is 7.98. The molecule has 12 heteroatoms. The van der Waals surface area contributed by atoms with E-state index in [2.05, 4.69) is 0 Å². The van der Waals surface area contributed by atoms with Gasteiger partial charge in [-0.3, -0.25) is 29.9 Å². The first kappa shape index (κ1) is 24.1. The molecule has 1 heterocycles. The molecule has 0 N–H and O–H groups in total. The number of nitrogens with zero attached hydrogens (tertiary/aromatic N) is 3. The Hall–Kier alpha value is -3.51. The van der Waals surface area contributed by atoms with Crippen molar-refractivity contribution in [1.82, 2.24) is 4.90 Å². The molecule has 1 aliphatic heterocycles. The maximum absolute atomic E-state index is 12.6. The number of hydrogen-bond donors (Lipinski definition) is 0. The highest BCUT2D eigenvalue weighted by atomic mass is 32.2. The fourth-order valence-electron chi connectivity index (χ4n) is 3.00. The lowest BCUT2D eigenvalue weighted by Crippen LogP contribution is -2.28. The summed E-state index contributed by atoms with van der Waals surface area (Å²) in [4.78, 5) is 35.5. The largest absolute Gasteiger partial charge is 0.490 e. The summed E-state index contributed by atoms with van der Waals surface area (Å²) in [6.45, 7) is 4.57. The highest BCUT2D eigenvalue weighted by molar-refractivity contribution is 8.26. The number of thioether (sulfide) groups is 1. The van der Waals surface area contributed by atoms with Crippen molar-refractivity contribution in [1.29, 1.82) is 0 Å². The minimum atomic E-state index is -0.755. The van der Waals surface area contributed by atoms with Crippen LogP contribution in [0.3, 0.4) is 0 Å². The molecule has 172 valence electrons. The summed E-state index contributed by atoms with van der Waals surface area (Å²) < 4.78 is 11.8. The Labute approximate surface area is 198 Å². The second-order valence-electron chi connectivity index (χ2n) is 6.74. The molecule has 3 rings (SSSR count). The number of carbonyl (C=O) groups excluding carboxylic acids is 1. The number of nitro benzene ring substituents is 2. The van der Waals surface area contributed by atoms with E-state index in [-0.39, 0.29) is 17.4 Å². The van der Waals surface area contributed by atoms with Crippen LogP contribution in [0.2, 0.25) is 0 Å². The fourth-order valence-corrected chi connectivity index (χ4v) is 4.31. The Morgan fingerprint density at radius 2 is 1.79 bits per heavy atom. The van der Waals surface area contributed by atoms with Gasteiger partial charge in [-0.15, -0.1) is 0 Å². The monoisotopic (exact) mass is 489 g/mol. The minimum absolute atomic E-state index is 0.161. The smallest absolute Gasteiger partial charge is 0.318 e. The number of carbonyl (C=O) groups is 1. The molecule has 2 aromatic carbocycles. The zero-order chi connectivity index (χ0) is 24.1. The van der Waals surface area contributed by atoms with E-state index < -0.39 is 21.2 Å². The van der Waals surface area contributed by atoms with Gasteiger partial charge in [-0.1, -0.05) is 37.0 Å². The number of amides is 1. The third-order valence-electron chi connectivity index (χ3n) is 4.46. The van der Waals surface area contributed by atoms with E-state index >= 15 is 0 Å². The third kappa shape index (κ3) is 5.46. The Balaban J connectivity index is 1.93. The number of thiocarbonyl (C=S) groups is 1. The number of nitro groups is 2. The molecule has 0 aliphatic carbocycles. The van der Waals surface area contributed by atoms with E-state index in [1.807, 2.05) is 6.92 Å². The standard InChI is InChI=1S/C21H19N3O7S2/c1-3-9-22-20(25)19(33-21(22)32)11-13-5-7-17(18(10-13)30-4-2)31-16-8-6-14(23(26)27)12-15(16)24(28)29/h5-8,10-12H,3-4,9H2,1-2H3/b19-11-. The zero-order valence-corrected chi connectivity index (χ0v) is 19.3. The molecule has 33 heavy (non-hydrogen) atoms. The molecule has 0 unspecified atom stereocenters. The van der Waals surface area contributed by atoms with Crippen molar-refractivity contribution < 1.29 is 24.1 Å². The molecule has 1 saturated heterocycles. The van der Waals surface area contributed by atoms with Crippen LogP contribution in [-0.4, -0.2) is 38.1 Å². The van der Waals surface area contributed by atoms with Crippen molar-refractivity contribution in [3.05, 3.63) is 67.1 Å². The number of ether oxygens (including phenoxy) is 2.